The molecule has 0 aliphatic carbocycles. The molecule has 1 aliphatic rings. The topological polar surface area (TPSA) is 27.7 Å². The van der Waals surface area contributed by atoms with Crippen LogP contribution in [0.15, 0.2) is 42.5 Å². The summed E-state index contributed by atoms with van der Waals surface area (Å²) in [4.78, 5) is 0. The molecule has 1 heterocycles. The molecule has 0 bridgehead atoms. The maximum atomic E-state index is 13.3. The molecule has 2 aromatic carbocycles. The van der Waals surface area contributed by atoms with E-state index in [0.29, 0.717) is 12.4 Å². The van der Waals surface area contributed by atoms with Gasteiger partial charge in [0.2, 0.25) is 0 Å². The van der Waals surface area contributed by atoms with E-state index in [2.05, 4.69) is 0 Å². The molecule has 0 N–H and O–H groups in total. The van der Waals surface area contributed by atoms with Gasteiger partial charge in [-0.3, -0.25) is 0 Å². The molecule has 6 heteroatoms. The fourth-order valence-corrected chi connectivity index (χ4v) is 2.76. The maximum absolute atomic E-state index is 13.3. The first-order chi connectivity index (χ1) is 11.7. The van der Waals surface area contributed by atoms with E-state index in [0.717, 1.165) is 11.0 Å². The van der Waals surface area contributed by atoms with E-state index in [1.807, 2.05) is 52.0 Å². The fourth-order valence-electron chi connectivity index (χ4n) is 2.59. The minimum absolute atomic E-state index is 0.0387. The molecule has 25 heavy (non-hydrogen) atoms. The summed E-state index contributed by atoms with van der Waals surface area (Å²) in [6.45, 7) is 8.39. The molecule has 2 aromatic rings. The standard InChI is InChI=1S/C19H21BClFO3/c1-18(2)19(3,4)25-20(24-18)15-8-6-5-7-13(15)12-23-14-9-10-17(22)16(21)11-14/h5-11H,12H2,1-4H3. The SMILES string of the molecule is CC1(C)OB(c2ccccc2COc2ccc(F)c(Cl)c2)OC1(C)C. The lowest BCUT2D eigenvalue weighted by Crippen LogP contribution is -2.41. The van der Waals surface area contributed by atoms with Crippen LogP contribution in [-0.2, 0) is 15.9 Å². The van der Waals surface area contributed by atoms with Gasteiger partial charge in [-0.1, -0.05) is 35.9 Å². The molecule has 0 spiro atoms. The second-order valence-corrected chi connectivity index (χ2v) is 7.56. The van der Waals surface area contributed by atoms with Crippen LogP contribution < -0.4 is 10.2 Å². The Morgan fingerprint density at radius 2 is 1.68 bits per heavy atom. The van der Waals surface area contributed by atoms with Gasteiger partial charge in [-0.2, -0.15) is 0 Å². The van der Waals surface area contributed by atoms with Crippen LogP contribution in [0.4, 0.5) is 4.39 Å². The molecule has 132 valence electrons. The molecule has 0 saturated carbocycles. The van der Waals surface area contributed by atoms with Crippen molar-refractivity contribution in [2.24, 2.45) is 0 Å². The lowest BCUT2D eigenvalue weighted by Gasteiger charge is -2.32. The van der Waals surface area contributed by atoms with Gasteiger partial charge in [-0.05, 0) is 50.9 Å². The predicted molar refractivity (Wildman–Crippen MR) is 97.9 cm³/mol. The van der Waals surface area contributed by atoms with Gasteiger partial charge >= 0.3 is 7.12 Å². The summed E-state index contributed by atoms with van der Waals surface area (Å²) < 4.78 is 31.3. The van der Waals surface area contributed by atoms with Gasteiger partial charge in [0.15, 0.2) is 0 Å². The van der Waals surface area contributed by atoms with E-state index in [9.17, 15) is 4.39 Å². The fraction of sp³-hybridized carbons (Fsp3) is 0.368. The van der Waals surface area contributed by atoms with Crippen molar-refractivity contribution in [1.82, 2.24) is 0 Å². The molecule has 0 atom stereocenters. The highest BCUT2D eigenvalue weighted by Crippen LogP contribution is 2.36. The number of halogens is 2. The Balaban J connectivity index is 1.79. The van der Waals surface area contributed by atoms with Crippen LogP contribution >= 0.6 is 11.6 Å². The van der Waals surface area contributed by atoms with Gasteiger partial charge in [-0.15, -0.1) is 0 Å². The molecule has 1 fully saturated rings. The van der Waals surface area contributed by atoms with E-state index in [1.54, 1.807) is 6.07 Å². The number of benzene rings is 2. The van der Waals surface area contributed by atoms with Crippen LogP contribution in [0.5, 0.6) is 5.75 Å². The third-order valence-electron chi connectivity index (χ3n) is 4.85. The monoisotopic (exact) mass is 362 g/mol. The Morgan fingerprint density at radius 1 is 1.04 bits per heavy atom. The summed E-state index contributed by atoms with van der Waals surface area (Å²) in [6, 6.07) is 12.1. The van der Waals surface area contributed by atoms with Crippen LogP contribution in [0.25, 0.3) is 0 Å². The summed E-state index contributed by atoms with van der Waals surface area (Å²) in [5.74, 6) is 0.0433. The first kappa shape index (κ1) is 18.2. The van der Waals surface area contributed by atoms with Crippen LogP contribution in [-0.4, -0.2) is 18.3 Å². The van der Waals surface area contributed by atoms with Crippen molar-refractivity contribution in [3.05, 3.63) is 58.9 Å². The third-order valence-corrected chi connectivity index (χ3v) is 5.14. The molecular formula is C19H21BClFO3. The highest BCUT2D eigenvalue weighted by Gasteiger charge is 2.52. The average Bonchev–Trinajstić information content (AvgIpc) is 2.77. The summed E-state index contributed by atoms with van der Waals surface area (Å²) in [6.07, 6.45) is 0. The first-order valence-electron chi connectivity index (χ1n) is 8.21. The molecule has 3 nitrogen and oxygen atoms in total. The predicted octanol–water partition coefficient (Wildman–Crippen LogP) is 4.36. The largest absolute Gasteiger partial charge is 0.495 e. The second-order valence-electron chi connectivity index (χ2n) is 7.15. The minimum atomic E-state index is -0.466. The van der Waals surface area contributed by atoms with Crippen molar-refractivity contribution in [3.8, 4) is 5.75 Å². The number of rotatable bonds is 4. The van der Waals surface area contributed by atoms with Gasteiger partial charge < -0.3 is 14.0 Å². The maximum Gasteiger partial charge on any atom is 0.495 e. The van der Waals surface area contributed by atoms with Gasteiger partial charge in [0.1, 0.15) is 18.2 Å². The molecule has 0 unspecified atom stereocenters. The number of ether oxygens (including phenoxy) is 1. The highest BCUT2D eigenvalue weighted by molar-refractivity contribution is 6.62. The van der Waals surface area contributed by atoms with Crippen molar-refractivity contribution in [2.45, 2.75) is 45.5 Å². The zero-order valence-electron chi connectivity index (χ0n) is 14.8. The molecule has 3 rings (SSSR count). The van der Waals surface area contributed by atoms with Gasteiger partial charge in [0, 0.05) is 6.07 Å². The molecule has 0 amide bonds. The Kier molecular flexibility index (Phi) is 4.84. The van der Waals surface area contributed by atoms with E-state index < -0.39 is 24.1 Å². The quantitative estimate of drug-likeness (QED) is 0.757. The molecule has 1 saturated heterocycles. The summed E-state index contributed by atoms with van der Waals surface area (Å²) >= 11 is 5.80. The number of hydrogen-bond acceptors (Lipinski definition) is 3. The van der Waals surface area contributed by atoms with E-state index >= 15 is 0 Å². The average molecular weight is 363 g/mol. The van der Waals surface area contributed by atoms with E-state index in [4.69, 9.17) is 25.6 Å². The van der Waals surface area contributed by atoms with Gasteiger partial charge in [0.05, 0.1) is 16.2 Å². The number of hydrogen-bond donors (Lipinski definition) is 0. The summed E-state index contributed by atoms with van der Waals surface area (Å²) in [5.41, 5.74) is 1.06. The van der Waals surface area contributed by atoms with E-state index in [1.165, 1.54) is 12.1 Å². The highest BCUT2D eigenvalue weighted by atomic mass is 35.5. The molecule has 0 aromatic heterocycles. The van der Waals surface area contributed by atoms with Crippen LogP contribution in [0.3, 0.4) is 0 Å². The minimum Gasteiger partial charge on any atom is -0.489 e. The normalized spacial score (nSPS) is 18.4. The van der Waals surface area contributed by atoms with Gasteiger partial charge in [-0.25, -0.2) is 4.39 Å². The van der Waals surface area contributed by atoms with Crippen molar-refractivity contribution in [3.63, 3.8) is 0 Å². The lowest BCUT2D eigenvalue weighted by molar-refractivity contribution is 0.00578. The lowest BCUT2D eigenvalue weighted by atomic mass is 9.76. The van der Waals surface area contributed by atoms with Crippen molar-refractivity contribution >= 4 is 24.2 Å². The third kappa shape index (κ3) is 3.69. The van der Waals surface area contributed by atoms with Crippen LogP contribution in [0.1, 0.15) is 33.3 Å². The Morgan fingerprint density at radius 3 is 2.32 bits per heavy atom. The second kappa shape index (κ2) is 6.63. The Hall–Kier alpha value is -1.56. The first-order valence-corrected chi connectivity index (χ1v) is 8.59. The summed E-state index contributed by atoms with van der Waals surface area (Å²) in [7, 11) is -0.457. The van der Waals surface area contributed by atoms with Crippen LogP contribution in [0.2, 0.25) is 5.02 Å². The Labute approximate surface area is 153 Å². The van der Waals surface area contributed by atoms with Crippen LogP contribution in [0, 0.1) is 5.82 Å². The molecule has 0 radical (unpaired) electrons. The molecular weight excluding hydrogens is 341 g/mol. The van der Waals surface area contributed by atoms with E-state index in [-0.39, 0.29) is 5.02 Å². The summed E-state index contributed by atoms with van der Waals surface area (Å²) in [5, 5.41) is 0.0387. The molecule has 1 aliphatic heterocycles. The van der Waals surface area contributed by atoms with Crippen molar-refractivity contribution in [2.75, 3.05) is 0 Å². The van der Waals surface area contributed by atoms with Gasteiger partial charge in [0.25, 0.3) is 0 Å². The zero-order chi connectivity index (χ0) is 18.2. The smallest absolute Gasteiger partial charge is 0.489 e. The zero-order valence-corrected chi connectivity index (χ0v) is 15.6. The van der Waals surface area contributed by atoms with Crippen molar-refractivity contribution in [1.29, 1.82) is 0 Å². The Bertz CT molecular complexity index is 763. The van der Waals surface area contributed by atoms with Crippen molar-refractivity contribution < 1.29 is 18.4 Å².